The van der Waals surface area contributed by atoms with Crippen molar-refractivity contribution in [2.24, 2.45) is 0 Å². The van der Waals surface area contributed by atoms with Crippen molar-refractivity contribution in [1.29, 1.82) is 0 Å². The lowest BCUT2D eigenvalue weighted by molar-refractivity contribution is 0.0948. The number of aromatic nitrogens is 1. The monoisotopic (exact) mass is 336 g/mol. The second kappa shape index (κ2) is 7.66. The maximum atomic E-state index is 12.5. The number of nitrogens with one attached hydrogen (secondary N) is 1. The fourth-order valence-electron chi connectivity index (χ4n) is 2.65. The molecule has 1 heterocycles. The van der Waals surface area contributed by atoms with Gasteiger partial charge in [0.15, 0.2) is 11.5 Å². The first-order valence-corrected chi connectivity index (χ1v) is 8.09. The van der Waals surface area contributed by atoms with E-state index in [9.17, 15) is 4.79 Å². The Balaban J connectivity index is 1.64. The molecule has 0 aliphatic carbocycles. The van der Waals surface area contributed by atoms with Crippen LogP contribution >= 0.6 is 0 Å². The number of amides is 1. The molecule has 5 heteroatoms. The van der Waals surface area contributed by atoms with Gasteiger partial charge in [0.1, 0.15) is 6.61 Å². The molecule has 0 fully saturated rings. The Morgan fingerprint density at radius 1 is 1.08 bits per heavy atom. The van der Waals surface area contributed by atoms with Crippen LogP contribution in [-0.4, -0.2) is 31.2 Å². The molecular weight excluding hydrogens is 316 g/mol. The van der Waals surface area contributed by atoms with Gasteiger partial charge in [0.2, 0.25) is 0 Å². The van der Waals surface area contributed by atoms with Crippen molar-refractivity contribution in [1.82, 2.24) is 10.3 Å². The predicted octanol–water partition coefficient (Wildman–Crippen LogP) is 3.36. The van der Waals surface area contributed by atoms with Gasteiger partial charge in [-0.05, 0) is 31.2 Å². The van der Waals surface area contributed by atoms with E-state index in [-0.39, 0.29) is 5.91 Å². The van der Waals surface area contributed by atoms with Gasteiger partial charge in [0.05, 0.1) is 24.7 Å². The smallest absolute Gasteiger partial charge is 0.252 e. The molecule has 0 saturated heterocycles. The molecule has 3 aromatic rings. The molecule has 0 spiro atoms. The molecular formula is C20H20N2O3. The number of ether oxygens (including phenoxy) is 2. The third-order valence-electron chi connectivity index (χ3n) is 3.80. The van der Waals surface area contributed by atoms with Crippen LogP contribution in [0.25, 0.3) is 10.9 Å². The fourth-order valence-corrected chi connectivity index (χ4v) is 2.65. The second-order valence-electron chi connectivity index (χ2n) is 5.58. The van der Waals surface area contributed by atoms with Crippen molar-refractivity contribution >= 4 is 16.8 Å². The maximum absolute atomic E-state index is 12.5. The summed E-state index contributed by atoms with van der Waals surface area (Å²) in [6.07, 6.45) is 0. The highest BCUT2D eigenvalue weighted by molar-refractivity contribution is 6.06. The predicted molar refractivity (Wildman–Crippen MR) is 97.3 cm³/mol. The van der Waals surface area contributed by atoms with E-state index in [0.717, 1.165) is 16.6 Å². The molecule has 0 aliphatic heterocycles. The van der Waals surface area contributed by atoms with E-state index >= 15 is 0 Å². The number of carbonyl (C=O) groups is 1. The van der Waals surface area contributed by atoms with Crippen molar-refractivity contribution in [2.45, 2.75) is 6.92 Å². The van der Waals surface area contributed by atoms with Crippen LogP contribution < -0.4 is 14.8 Å². The molecule has 0 bridgehead atoms. The van der Waals surface area contributed by atoms with Crippen molar-refractivity contribution in [3.8, 4) is 11.5 Å². The Hall–Kier alpha value is -3.08. The number of methoxy groups -OCH3 is 1. The highest BCUT2D eigenvalue weighted by Crippen LogP contribution is 2.25. The first kappa shape index (κ1) is 16.8. The van der Waals surface area contributed by atoms with Gasteiger partial charge in [-0.15, -0.1) is 0 Å². The van der Waals surface area contributed by atoms with Crippen molar-refractivity contribution in [3.05, 3.63) is 65.9 Å². The molecule has 0 unspecified atom stereocenters. The third-order valence-corrected chi connectivity index (χ3v) is 3.80. The highest BCUT2D eigenvalue weighted by atomic mass is 16.5. The zero-order chi connectivity index (χ0) is 17.6. The number of para-hydroxylation sites is 3. The van der Waals surface area contributed by atoms with Gasteiger partial charge in [-0.3, -0.25) is 9.78 Å². The van der Waals surface area contributed by atoms with Gasteiger partial charge in [0, 0.05) is 11.1 Å². The normalized spacial score (nSPS) is 10.5. The molecule has 0 saturated carbocycles. The van der Waals surface area contributed by atoms with Crippen LogP contribution in [0.3, 0.4) is 0 Å². The van der Waals surface area contributed by atoms with Gasteiger partial charge < -0.3 is 14.8 Å². The van der Waals surface area contributed by atoms with E-state index in [1.165, 1.54) is 0 Å². The second-order valence-corrected chi connectivity index (χ2v) is 5.58. The average molecular weight is 336 g/mol. The maximum Gasteiger partial charge on any atom is 0.252 e. The zero-order valence-electron chi connectivity index (χ0n) is 14.3. The largest absolute Gasteiger partial charge is 0.493 e. The first-order valence-electron chi connectivity index (χ1n) is 8.09. The van der Waals surface area contributed by atoms with E-state index in [1.807, 2.05) is 55.5 Å². The zero-order valence-corrected chi connectivity index (χ0v) is 14.3. The standard InChI is InChI=1S/C20H20N2O3/c1-14-13-16(15-7-3-4-8-17(15)22-14)20(23)21-11-12-25-19-10-6-5-9-18(19)24-2/h3-10,13H,11-12H2,1-2H3,(H,21,23). The molecule has 0 aliphatic rings. The molecule has 5 nitrogen and oxygen atoms in total. The van der Waals surface area contributed by atoms with E-state index in [0.29, 0.717) is 30.2 Å². The van der Waals surface area contributed by atoms with E-state index in [4.69, 9.17) is 9.47 Å². The minimum Gasteiger partial charge on any atom is -0.493 e. The summed E-state index contributed by atoms with van der Waals surface area (Å²) in [5.41, 5.74) is 2.26. The number of carbonyl (C=O) groups excluding carboxylic acids is 1. The van der Waals surface area contributed by atoms with E-state index < -0.39 is 0 Å². The molecule has 1 aromatic heterocycles. The highest BCUT2D eigenvalue weighted by Gasteiger charge is 2.11. The van der Waals surface area contributed by atoms with Gasteiger partial charge in [0.25, 0.3) is 5.91 Å². The fraction of sp³-hybridized carbons (Fsp3) is 0.200. The van der Waals surface area contributed by atoms with Crippen LogP contribution in [0.5, 0.6) is 11.5 Å². The van der Waals surface area contributed by atoms with Crippen molar-refractivity contribution in [2.75, 3.05) is 20.3 Å². The van der Waals surface area contributed by atoms with Gasteiger partial charge in [-0.1, -0.05) is 30.3 Å². The van der Waals surface area contributed by atoms with Crippen molar-refractivity contribution < 1.29 is 14.3 Å². The number of hydrogen-bond donors (Lipinski definition) is 1. The average Bonchev–Trinajstić information content (AvgIpc) is 2.64. The van der Waals surface area contributed by atoms with Gasteiger partial charge in [-0.25, -0.2) is 0 Å². The van der Waals surface area contributed by atoms with Crippen LogP contribution in [-0.2, 0) is 0 Å². The third kappa shape index (κ3) is 3.88. The molecule has 0 radical (unpaired) electrons. The first-order chi connectivity index (χ1) is 12.2. The van der Waals surface area contributed by atoms with Gasteiger partial charge in [-0.2, -0.15) is 0 Å². The van der Waals surface area contributed by atoms with E-state index in [1.54, 1.807) is 13.2 Å². The van der Waals surface area contributed by atoms with E-state index in [2.05, 4.69) is 10.3 Å². The number of benzene rings is 2. The minimum atomic E-state index is -0.134. The summed E-state index contributed by atoms with van der Waals surface area (Å²) >= 11 is 0. The lowest BCUT2D eigenvalue weighted by atomic mass is 10.1. The van der Waals surface area contributed by atoms with Crippen LogP contribution in [0, 0.1) is 6.92 Å². The van der Waals surface area contributed by atoms with Crippen LogP contribution in [0.1, 0.15) is 16.1 Å². The Morgan fingerprint density at radius 2 is 1.80 bits per heavy atom. The quantitative estimate of drug-likeness (QED) is 0.701. The van der Waals surface area contributed by atoms with Gasteiger partial charge >= 0.3 is 0 Å². The van der Waals surface area contributed by atoms with Crippen LogP contribution in [0.2, 0.25) is 0 Å². The minimum absolute atomic E-state index is 0.134. The Kier molecular flexibility index (Phi) is 5.14. The lowest BCUT2D eigenvalue weighted by Gasteiger charge is -2.12. The summed E-state index contributed by atoms with van der Waals surface area (Å²) in [5, 5.41) is 3.74. The summed E-state index contributed by atoms with van der Waals surface area (Å²) in [5.74, 6) is 1.19. The SMILES string of the molecule is COc1ccccc1OCCNC(=O)c1cc(C)nc2ccccc12. The molecule has 3 rings (SSSR count). The molecule has 0 atom stereocenters. The summed E-state index contributed by atoms with van der Waals surface area (Å²) in [6, 6.07) is 16.9. The molecule has 128 valence electrons. The summed E-state index contributed by atoms with van der Waals surface area (Å²) in [6.45, 7) is 2.63. The number of nitrogens with zero attached hydrogens (tertiary/aromatic N) is 1. The van der Waals surface area contributed by atoms with Crippen LogP contribution in [0.15, 0.2) is 54.6 Å². The molecule has 1 N–H and O–H groups in total. The number of aryl methyl sites for hydroxylation is 1. The number of hydrogen-bond acceptors (Lipinski definition) is 4. The number of fused-ring (bicyclic) bond motifs is 1. The molecule has 2 aromatic carbocycles. The summed E-state index contributed by atoms with van der Waals surface area (Å²) in [4.78, 5) is 17.0. The lowest BCUT2D eigenvalue weighted by Crippen LogP contribution is -2.28. The van der Waals surface area contributed by atoms with Crippen LogP contribution in [0.4, 0.5) is 0 Å². The molecule has 25 heavy (non-hydrogen) atoms. The van der Waals surface area contributed by atoms with Crippen molar-refractivity contribution in [3.63, 3.8) is 0 Å². The summed E-state index contributed by atoms with van der Waals surface area (Å²) < 4.78 is 10.9. The Morgan fingerprint density at radius 3 is 2.60 bits per heavy atom. The number of rotatable bonds is 6. The topological polar surface area (TPSA) is 60.5 Å². The Bertz CT molecular complexity index is 893. The number of pyridine rings is 1. The summed E-state index contributed by atoms with van der Waals surface area (Å²) in [7, 11) is 1.60. The Labute approximate surface area is 146 Å². The molecule has 1 amide bonds.